The molecule has 1 aliphatic heterocycles. The molecule has 4 heteroatoms. The summed E-state index contributed by atoms with van der Waals surface area (Å²) in [6.45, 7) is 8.87. The minimum atomic E-state index is -0.609. The Kier molecular flexibility index (Phi) is 7.71. The van der Waals surface area contributed by atoms with Gasteiger partial charge >= 0.3 is 0 Å². The maximum Gasteiger partial charge on any atom is 0.0728 e. The predicted octanol–water partition coefficient (Wildman–Crippen LogP) is 5.54. The Bertz CT molecular complexity index is 821. The summed E-state index contributed by atoms with van der Waals surface area (Å²) in [6.07, 6.45) is 5.13. The molecular weight excluding hydrogens is 404 g/mol. The molecule has 4 rings (SSSR count). The fourth-order valence-corrected chi connectivity index (χ4v) is 5.74. The molecular formula is C27H37ClN2O. The molecule has 0 bridgehead atoms. The lowest BCUT2D eigenvalue weighted by Gasteiger charge is -2.43. The van der Waals surface area contributed by atoms with Gasteiger partial charge in [0.1, 0.15) is 0 Å². The third-order valence-electron chi connectivity index (χ3n) is 7.48. The summed E-state index contributed by atoms with van der Waals surface area (Å²) in [4.78, 5) is 5.14. The zero-order valence-corrected chi connectivity index (χ0v) is 19.6. The Hall–Kier alpha value is -1.39. The quantitative estimate of drug-likeness (QED) is 0.612. The third-order valence-corrected chi connectivity index (χ3v) is 7.71. The Morgan fingerprint density at radius 3 is 2.48 bits per heavy atom. The number of hydrogen-bond donors (Lipinski definition) is 1. The van der Waals surface area contributed by atoms with Crippen LogP contribution in [0.4, 0.5) is 0 Å². The van der Waals surface area contributed by atoms with Crippen LogP contribution < -0.4 is 0 Å². The van der Waals surface area contributed by atoms with Crippen LogP contribution in [-0.2, 0) is 0 Å². The zero-order valence-electron chi connectivity index (χ0n) is 18.8. The molecule has 1 N–H and O–H groups in total. The van der Waals surface area contributed by atoms with Crippen LogP contribution in [-0.4, -0.2) is 59.8 Å². The predicted molar refractivity (Wildman–Crippen MR) is 130 cm³/mol. The summed E-state index contributed by atoms with van der Waals surface area (Å²) in [5.41, 5.74) is 2.02. The first-order chi connectivity index (χ1) is 15.0. The number of aliphatic hydroxyl groups is 1. The highest BCUT2D eigenvalue weighted by Gasteiger charge is 2.39. The van der Waals surface area contributed by atoms with Crippen LogP contribution in [0, 0.1) is 0 Å². The first-order valence-electron chi connectivity index (χ1n) is 12.0. The van der Waals surface area contributed by atoms with E-state index in [1.165, 1.54) is 17.5 Å². The second-order valence-corrected chi connectivity index (χ2v) is 10.1. The highest BCUT2D eigenvalue weighted by atomic mass is 35.5. The van der Waals surface area contributed by atoms with Gasteiger partial charge in [0.2, 0.25) is 0 Å². The van der Waals surface area contributed by atoms with E-state index in [1.807, 2.05) is 12.1 Å². The summed E-state index contributed by atoms with van der Waals surface area (Å²) in [7, 11) is 0. The fourth-order valence-electron chi connectivity index (χ4n) is 5.54. The molecule has 2 aliphatic rings. The molecule has 0 amide bonds. The molecule has 3 unspecified atom stereocenters. The van der Waals surface area contributed by atoms with E-state index < -0.39 is 5.60 Å². The molecule has 0 spiro atoms. The summed E-state index contributed by atoms with van der Waals surface area (Å²) in [6, 6.07) is 19.0. The van der Waals surface area contributed by atoms with Gasteiger partial charge in [0.15, 0.2) is 0 Å². The molecule has 2 aromatic carbocycles. The minimum absolute atomic E-state index is 0.202. The van der Waals surface area contributed by atoms with Crippen molar-refractivity contribution < 1.29 is 5.11 Å². The van der Waals surface area contributed by atoms with Crippen LogP contribution in [0.5, 0.6) is 0 Å². The summed E-state index contributed by atoms with van der Waals surface area (Å²) in [5, 5.41) is 12.4. The van der Waals surface area contributed by atoms with Crippen molar-refractivity contribution in [2.75, 3.05) is 39.3 Å². The number of piperazine rings is 1. The van der Waals surface area contributed by atoms with E-state index in [-0.39, 0.29) is 5.92 Å². The normalized spacial score (nSPS) is 26.6. The lowest BCUT2D eigenvalue weighted by molar-refractivity contribution is -0.0337. The molecule has 1 saturated heterocycles. The molecule has 31 heavy (non-hydrogen) atoms. The largest absolute Gasteiger partial charge is 0.389 e. The molecule has 1 aliphatic carbocycles. The number of benzene rings is 2. The van der Waals surface area contributed by atoms with Crippen molar-refractivity contribution in [3.05, 3.63) is 70.7 Å². The van der Waals surface area contributed by atoms with Crippen molar-refractivity contribution in [1.82, 2.24) is 9.80 Å². The van der Waals surface area contributed by atoms with Crippen LogP contribution >= 0.6 is 11.6 Å². The molecule has 3 atom stereocenters. The molecule has 0 radical (unpaired) electrons. The second kappa shape index (κ2) is 10.5. The molecule has 2 fully saturated rings. The highest BCUT2D eigenvalue weighted by Crippen LogP contribution is 2.43. The third kappa shape index (κ3) is 5.90. The zero-order chi connectivity index (χ0) is 21.7. The lowest BCUT2D eigenvalue weighted by atomic mass is 9.70. The van der Waals surface area contributed by atoms with Gasteiger partial charge < -0.3 is 14.9 Å². The average Bonchev–Trinajstić information content (AvgIpc) is 2.79. The number of nitrogens with zero attached hydrogens (tertiary/aromatic N) is 2. The Balaban J connectivity index is 1.28. The van der Waals surface area contributed by atoms with Crippen molar-refractivity contribution in [2.24, 2.45) is 0 Å². The van der Waals surface area contributed by atoms with Crippen LogP contribution in [0.2, 0.25) is 5.02 Å². The van der Waals surface area contributed by atoms with Gasteiger partial charge in [-0.15, -0.1) is 0 Å². The Labute approximate surface area is 193 Å². The highest BCUT2D eigenvalue weighted by molar-refractivity contribution is 6.30. The van der Waals surface area contributed by atoms with Crippen LogP contribution in [0.15, 0.2) is 54.6 Å². The van der Waals surface area contributed by atoms with Crippen molar-refractivity contribution in [3.8, 4) is 0 Å². The fraction of sp³-hybridized carbons (Fsp3) is 0.556. The van der Waals surface area contributed by atoms with Crippen molar-refractivity contribution in [3.63, 3.8) is 0 Å². The topological polar surface area (TPSA) is 26.7 Å². The van der Waals surface area contributed by atoms with Gasteiger partial charge in [0.25, 0.3) is 0 Å². The standard InChI is InChI=1S/C27H37ClN2O/c1-22(23-8-3-2-4-9-23)21-30-18-16-29(17-19-30)15-14-27(31)13-6-5-12-26(27)24-10-7-11-25(28)20-24/h2-4,7-11,20,22,26,31H,5-6,12-19,21H2,1H3. The van der Waals surface area contributed by atoms with E-state index >= 15 is 0 Å². The van der Waals surface area contributed by atoms with E-state index in [1.54, 1.807) is 0 Å². The molecule has 1 saturated carbocycles. The van der Waals surface area contributed by atoms with E-state index in [0.29, 0.717) is 5.92 Å². The second-order valence-electron chi connectivity index (χ2n) is 9.66. The minimum Gasteiger partial charge on any atom is -0.389 e. The van der Waals surface area contributed by atoms with Crippen LogP contribution in [0.3, 0.4) is 0 Å². The van der Waals surface area contributed by atoms with Gasteiger partial charge in [-0.3, -0.25) is 0 Å². The van der Waals surface area contributed by atoms with Gasteiger partial charge in [0.05, 0.1) is 5.60 Å². The number of hydrogen-bond acceptors (Lipinski definition) is 3. The molecule has 3 nitrogen and oxygen atoms in total. The van der Waals surface area contributed by atoms with E-state index in [9.17, 15) is 5.11 Å². The van der Waals surface area contributed by atoms with E-state index in [2.05, 4.69) is 59.2 Å². The lowest BCUT2D eigenvalue weighted by Crippen LogP contribution is -2.49. The van der Waals surface area contributed by atoms with Gasteiger partial charge in [-0.1, -0.05) is 73.8 Å². The van der Waals surface area contributed by atoms with E-state index in [0.717, 1.165) is 70.0 Å². The van der Waals surface area contributed by atoms with Crippen molar-refractivity contribution >= 4 is 11.6 Å². The number of halogens is 1. The molecule has 168 valence electrons. The van der Waals surface area contributed by atoms with Crippen molar-refractivity contribution in [1.29, 1.82) is 0 Å². The average molecular weight is 441 g/mol. The molecule has 0 aromatic heterocycles. The summed E-state index contributed by atoms with van der Waals surface area (Å²) < 4.78 is 0. The first-order valence-corrected chi connectivity index (χ1v) is 12.4. The Morgan fingerprint density at radius 1 is 1.00 bits per heavy atom. The molecule has 2 aromatic rings. The van der Waals surface area contributed by atoms with Crippen LogP contribution in [0.1, 0.15) is 62.0 Å². The summed E-state index contributed by atoms with van der Waals surface area (Å²) in [5.74, 6) is 0.766. The van der Waals surface area contributed by atoms with Gasteiger partial charge in [-0.05, 0) is 48.4 Å². The van der Waals surface area contributed by atoms with Crippen molar-refractivity contribution in [2.45, 2.75) is 56.5 Å². The first kappa shape index (κ1) is 22.8. The van der Waals surface area contributed by atoms with E-state index in [4.69, 9.17) is 11.6 Å². The number of rotatable bonds is 7. The van der Waals surface area contributed by atoms with Crippen LogP contribution in [0.25, 0.3) is 0 Å². The smallest absolute Gasteiger partial charge is 0.0728 e. The Morgan fingerprint density at radius 2 is 1.74 bits per heavy atom. The monoisotopic (exact) mass is 440 g/mol. The summed E-state index contributed by atoms with van der Waals surface area (Å²) >= 11 is 6.25. The maximum atomic E-state index is 11.6. The van der Waals surface area contributed by atoms with Gasteiger partial charge in [0, 0.05) is 50.2 Å². The maximum absolute atomic E-state index is 11.6. The molecule has 1 heterocycles. The van der Waals surface area contributed by atoms with Gasteiger partial charge in [-0.25, -0.2) is 0 Å². The van der Waals surface area contributed by atoms with Gasteiger partial charge in [-0.2, -0.15) is 0 Å². The SMILES string of the molecule is CC(CN1CCN(CCC2(O)CCCCC2c2cccc(Cl)c2)CC1)c1ccccc1.